The number of carbonyl (C=O) groups excluding carboxylic acids is 2. The van der Waals surface area contributed by atoms with Crippen molar-refractivity contribution < 1.29 is 18.8 Å². The summed E-state index contributed by atoms with van der Waals surface area (Å²) in [5, 5.41) is 0.0510. The lowest BCUT2D eigenvalue weighted by atomic mass is 9.80. The number of carbonyl (C=O) groups is 2. The van der Waals surface area contributed by atoms with E-state index >= 15 is 0 Å². The minimum atomic E-state index is -2.02. The topological polar surface area (TPSA) is 55.8 Å². The molecule has 1 fully saturated rings. The van der Waals surface area contributed by atoms with Gasteiger partial charge in [-0.15, -0.1) is 0 Å². The van der Waals surface area contributed by atoms with Crippen LogP contribution in [0.5, 0.6) is 5.75 Å². The summed E-state index contributed by atoms with van der Waals surface area (Å²) in [6, 6.07) is 6.73. The summed E-state index contributed by atoms with van der Waals surface area (Å²) in [6.45, 7) is 14.3. The third kappa shape index (κ3) is 3.71. The van der Waals surface area contributed by atoms with Crippen molar-refractivity contribution >= 4 is 25.7 Å². The Morgan fingerprint density at radius 3 is 2.15 bits per heavy atom. The molecule has 0 saturated carbocycles. The molecule has 26 heavy (non-hydrogen) atoms. The minimum Gasteiger partial charge on any atom is -0.497 e. The number of amides is 1. The number of ether oxygens (including phenoxy) is 1. The molecule has 1 heterocycles. The van der Waals surface area contributed by atoms with Gasteiger partial charge >= 0.3 is 0 Å². The number of nitrogens with zero attached hydrogens (tertiary/aromatic N) is 1. The van der Waals surface area contributed by atoms with E-state index in [-0.39, 0.29) is 22.8 Å². The third-order valence-electron chi connectivity index (χ3n) is 5.70. The normalized spacial score (nSPS) is 22.0. The van der Waals surface area contributed by atoms with Gasteiger partial charge in [-0.2, -0.15) is 0 Å². The number of ketones is 1. The fourth-order valence-corrected chi connectivity index (χ4v) is 4.58. The van der Waals surface area contributed by atoms with Gasteiger partial charge in [0.05, 0.1) is 19.1 Å². The highest BCUT2D eigenvalue weighted by Crippen LogP contribution is 2.42. The van der Waals surface area contributed by atoms with Gasteiger partial charge in [-0.05, 0) is 56.2 Å². The van der Waals surface area contributed by atoms with E-state index in [2.05, 4.69) is 33.9 Å². The summed E-state index contributed by atoms with van der Waals surface area (Å²) < 4.78 is 11.6. The molecule has 1 saturated heterocycles. The van der Waals surface area contributed by atoms with Gasteiger partial charge in [0.25, 0.3) is 0 Å². The molecule has 0 aromatic heterocycles. The van der Waals surface area contributed by atoms with E-state index in [9.17, 15) is 9.59 Å². The van der Waals surface area contributed by atoms with Gasteiger partial charge in [0, 0.05) is 5.69 Å². The number of Topliss-reactive ketones (excluding diaryl/α,β-unsaturated/α-hetero) is 1. The van der Waals surface area contributed by atoms with E-state index in [1.165, 1.54) is 0 Å². The maximum absolute atomic E-state index is 12.9. The van der Waals surface area contributed by atoms with Crippen molar-refractivity contribution in [1.29, 1.82) is 0 Å². The highest BCUT2D eigenvalue weighted by atomic mass is 28.4. The predicted octanol–water partition coefficient (Wildman–Crippen LogP) is 4.03. The van der Waals surface area contributed by atoms with Crippen LogP contribution in [0, 0.1) is 5.92 Å². The molecule has 2 rings (SSSR count). The maximum Gasteiger partial charge on any atom is 0.235 e. The number of benzene rings is 1. The van der Waals surface area contributed by atoms with Crippen molar-refractivity contribution in [2.45, 2.75) is 64.9 Å². The van der Waals surface area contributed by atoms with Crippen molar-refractivity contribution in [2.75, 3.05) is 12.0 Å². The molecule has 0 spiro atoms. The van der Waals surface area contributed by atoms with Gasteiger partial charge in [0.2, 0.25) is 5.91 Å². The zero-order valence-electron chi connectivity index (χ0n) is 17.1. The zero-order chi connectivity index (χ0) is 19.9. The Bertz CT molecular complexity index is 678. The molecular formula is C20H31NO4Si. The number of rotatable bonds is 6. The average Bonchev–Trinajstić information content (AvgIpc) is 2.51. The summed E-state index contributed by atoms with van der Waals surface area (Å²) >= 11 is 0. The first-order valence-electron chi connectivity index (χ1n) is 9.06. The summed E-state index contributed by atoms with van der Waals surface area (Å²) in [6.07, 6.45) is -0.285. The quantitative estimate of drug-likeness (QED) is 0.555. The summed E-state index contributed by atoms with van der Waals surface area (Å²) in [5.41, 5.74) is 0.715. The van der Waals surface area contributed by atoms with Crippen LogP contribution in [0.25, 0.3) is 0 Å². The number of β-lactam (4-membered cyclic amide) rings is 1. The van der Waals surface area contributed by atoms with Crippen molar-refractivity contribution in [3.63, 3.8) is 0 Å². The molecule has 1 aromatic carbocycles. The van der Waals surface area contributed by atoms with Crippen molar-refractivity contribution in [1.82, 2.24) is 0 Å². The largest absolute Gasteiger partial charge is 0.497 e. The summed E-state index contributed by atoms with van der Waals surface area (Å²) in [7, 11) is -0.424. The second kappa shape index (κ2) is 7.16. The first kappa shape index (κ1) is 20.6. The fourth-order valence-electron chi connectivity index (χ4n) is 3.15. The molecule has 1 aliphatic heterocycles. The predicted molar refractivity (Wildman–Crippen MR) is 106 cm³/mol. The molecule has 5 nitrogen and oxygen atoms in total. The first-order valence-corrected chi connectivity index (χ1v) is 12.0. The van der Waals surface area contributed by atoms with Crippen LogP contribution >= 0.6 is 0 Å². The second-order valence-electron chi connectivity index (χ2n) is 8.57. The smallest absolute Gasteiger partial charge is 0.235 e. The van der Waals surface area contributed by atoms with Crippen LogP contribution in [0.15, 0.2) is 24.3 Å². The Labute approximate surface area is 157 Å². The van der Waals surface area contributed by atoms with E-state index in [1.807, 2.05) is 19.1 Å². The monoisotopic (exact) mass is 377 g/mol. The van der Waals surface area contributed by atoms with Gasteiger partial charge in [0.15, 0.2) is 14.1 Å². The third-order valence-corrected chi connectivity index (χ3v) is 10.3. The zero-order valence-corrected chi connectivity index (χ0v) is 18.1. The lowest BCUT2D eigenvalue weighted by Crippen LogP contribution is -2.68. The van der Waals surface area contributed by atoms with E-state index in [0.717, 1.165) is 0 Å². The Morgan fingerprint density at radius 1 is 1.19 bits per heavy atom. The molecule has 2 unspecified atom stereocenters. The van der Waals surface area contributed by atoms with E-state index in [4.69, 9.17) is 9.16 Å². The van der Waals surface area contributed by atoms with Crippen LogP contribution in [-0.2, 0) is 14.0 Å². The average molecular weight is 378 g/mol. The van der Waals surface area contributed by atoms with Gasteiger partial charge in [-0.3, -0.25) is 9.59 Å². The van der Waals surface area contributed by atoms with Gasteiger partial charge < -0.3 is 14.1 Å². The molecule has 1 amide bonds. The van der Waals surface area contributed by atoms with Crippen molar-refractivity contribution in [3.8, 4) is 5.75 Å². The lowest BCUT2D eigenvalue weighted by Gasteiger charge is -2.50. The van der Waals surface area contributed by atoms with Crippen LogP contribution in [0.3, 0.4) is 0 Å². The van der Waals surface area contributed by atoms with Crippen molar-refractivity contribution in [2.24, 2.45) is 5.92 Å². The molecule has 6 heteroatoms. The van der Waals surface area contributed by atoms with Crippen LogP contribution in [0.4, 0.5) is 5.69 Å². The second-order valence-corrected chi connectivity index (χ2v) is 13.3. The number of anilines is 1. The van der Waals surface area contributed by atoms with Crippen LogP contribution in [0.1, 0.15) is 34.6 Å². The maximum atomic E-state index is 12.9. The van der Waals surface area contributed by atoms with Crippen LogP contribution in [0.2, 0.25) is 18.1 Å². The fraction of sp³-hybridized carbons (Fsp3) is 0.600. The molecule has 1 aromatic rings. The molecule has 0 radical (unpaired) electrons. The Hall–Kier alpha value is -1.66. The van der Waals surface area contributed by atoms with E-state index < -0.39 is 20.3 Å². The first-order chi connectivity index (χ1) is 11.9. The SMILES string of the molecule is COc1ccc(N2C(=O)C([C@@H](C)O[Si](C)(C)C(C)(C)C)C2C(C)=O)cc1. The lowest BCUT2D eigenvalue weighted by molar-refractivity contribution is -0.141. The van der Waals surface area contributed by atoms with Crippen molar-refractivity contribution in [3.05, 3.63) is 24.3 Å². The molecule has 1 aliphatic rings. The Balaban J connectivity index is 2.23. The van der Waals surface area contributed by atoms with Crippen LogP contribution < -0.4 is 9.64 Å². The minimum absolute atomic E-state index is 0.0175. The Kier molecular flexibility index (Phi) is 5.68. The van der Waals surface area contributed by atoms with Crippen LogP contribution in [-0.4, -0.2) is 39.3 Å². The summed E-state index contributed by atoms with van der Waals surface area (Å²) in [5.74, 6) is 0.216. The number of methoxy groups -OCH3 is 1. The number of hydrogen-bond donors (Lipinski definition) is 0. The number of hydrogen-bond acceptors (Lipinski definition) is 4. The van der Waals surface area contributed by atoms with Gasteiger partial charge in [0.1, 0.15) is 11.8 Å². The van der Waals surface area contributed by atoms with Gasteiger partial charge in [-0.25, -0.2) is 0 Å². The van der Waals surface area contributed by atoms with E-state index in [1.54, 1.807) is 31.1 Å². The molecule has 0 aliphatic carbocycles. The summed E-state index contributed by atoms with van der Waals surface area (Å²) in [4.78, 5) is 26.8. The highest BCUT2D eigenvalue weighted by molar-refractivity contribution is 6.74. The standard InChI is InChI=1S/C20H31NO4Si/c1-13(22)18-17(14(2)25-26(7,8)20(3,4)5)19(23)21(18)15-9-11-16(24-6)12-10-15/h9-12,14,17-18H,1-8H3/t14-,17?,18?/m1/s1. The molecule has 0 N–H and O–H groups in total. The molecule has 144 valence electrons. The van der Waals surface area contributed by atoms with Gasteiger partial charge in [-0.1, -0.05) is 20.8 Å². The Morgan fingerprint density at radius 2 is 1.73 bits per heavy atom. The molecule has 3 atom stereocenters. The van der Waals surface area contributed by atoms with E-state index in [0.29, 0.717) is 11.4 Å². The molecule has 0 bridgehead atoms. The highest BCUT2D eigenvalue weighted by Gasteiger charge is 2.54. The molecular weight excluding hydrogens is 346 g/mol.